The van der Waals surface area contributed by atoms with Crippen LogP contribution >= 0.6 is 0 Å². The third-order valence-corrected chi connectivity index (χ3v) is 5.73. The van der Waals surface area contributed by atoms with E-state index < -0.39 is 9.84 Å². The number of aryl methyl sites for hydroxylation is 2. The maximum atomic E-state index is 11.7. The van der Waals surface area contributed by atoms with Crippen LogP contribution in [-0.2, 0) is 23.3 Å². The molecular formula is C11H20N4O2S. The highest BCUT2D eigenvalue weighted by Gasteiger charge is 2.31. The number of hydrogen-bond acceptors (Lipinski definition) is 5. The second-order valence-corrected chi connectivity index (χ2v) is 7.10. The normalized spacial score (nSPS) is 22.2. The zero-order valence-electron chi connectivity index (χ0n) is 10.8. The van der Waals surface area contributed by atoms with Gasteiger partial charge >= 0.3 is 0 Å². The Morgan fingerprint density at radius 1 is 1.56 bits per heavy atom. The summed E-state index contributed by atoms with van der Waals surface area (Å²) in [6, 6.07) is 0. The van der Waals surface area contributed by atoms with Crippen LogP contribution in [0.4, 0.5) is 11.5 Å². The molecule has 1 unspecified atom stereocenters. The number of anilines is 2. The van der Waals surface area contributed by atoms with Crippen LogP contribution in [-0.4, -0.2) is 35.7 Å². The molecule has 7 heteroatoms. The fraction of sp³-hybridized carbons (Fsp3) is 0.727. The topological polar surface area (TPSA) is 90.0 Å². The average Bonchev–Trinajstić information content (AvgIpc) is 2.77. The monoisotopic (exact) mass is 272 g/mol. The summed E-state index contributed by atoms with van der Waals surface area (Å²) >= 11 is 0. The third kappa shape index (κ3) is 2.31. The Balaban J connectivity index is 2.09. The highest BCUT2D eigenvalue weighted by atomic mass is 32.2. The van der Waals surface area contributed by atoms with Gasteiger partial charge in [-0.05, 0) is 19.3 Å². The van der Waals surface area contributed by atoms with Gasteiger partial charge in [-0.2, -0.15) is 5.10 Å². The fourth-order valence-corrected chi connectivity index (χ4v) is 4.13. The Labute approximate surface area is 107 Å². The highest BCUT2D eigenvalue weighted by molar-refractivity contribution is 7.92. The zero-order valence-corrected chi connectivity index (χ0v) is 11.6. The lowest BCUT2D eigenvalue weighted by atomic mass is 10.2. The fourth-order valence-electron chi connectivity index (χ4n) is 2.36. The predicted octanol–water partition coefficient (Wildman–Crippen LogP) is 0.554. The number of nitrogen functional groups attached to an aromatic ring is 1. The molecule has 0 amide bonds. The molecule has 1 atom stereocenters. The van der Waals surface area contributed by atoms with Crippen LogP contribution in [0, 0.1) is 0 Å². The number of rotatable bonds is 4. The molecule has 102 valence electrons. The van der Waals surface area contributed by atoms with Crippen molar-refractivity contribution in [1.82, 2.24) is 9.78 Å². The van der Waals surface area contributed by atoms with E-state index in [0.717, 1.165) is 25.0 Å². The summed E-state index contributed by atoms with van der Waals surface area (Å²) in [4.78, 5) is 0. The molecule has 0 bridgehead atoms. The Bertz CT molecular complexity index is 535. The first kappa shape index (κ1) is 13.2. The number of nitrogens with two attached hydrogens (primary N) is 1. The molecule has 1 fully saturated rings. The summed E-state index contributed by atoms with van der Waals surface area (Å²) in [7, 11) is -1.11. The summed E-state index contributed by atoms with van der Waals surface area (Å²) in [6.45, 7) is 2.40. The quantitative estimate of drug-likeness (QED) is 0.835. The minimum absolute atomic E-state index is 0.295. The summed E-state index contributed by atoms with van der Waals surface area (Å²) in [6.07, 6.45) is 2.26. The van der Waals surface area contributed by atoms with E-state index >= 15 is 0 Å². The van der Waals surface area contributed by atoms with Crippen LogP contribution in [0.5, 0.6) is 0 Å². The molecule has 0 aromatic carbocycles. The minimum Gasteiger partial charge on any atom is -0.394 e. The van der Waals surface area contributed by atoms with Crippen molar-refractivity contribution in [3.05, 3.63) is 5.69 Å². The van der Waals surface area contributed by atoms with E-state index in [1.807, 2.05) is 6.92 Å². The summed E-state index contributed by atoms with van der Waals surface area (Å²) in [5.41, 5.74) is 7.43. The molecule has 1 aromatic heterocycles. The summed E-state index contributed by atoms with van der Waals surface area (Å²) in [5.74, 6) is 1.02. The van der Waals surface area contributed by atoms with Crippen molar-refractivity contribution in [2.75, 3.05) is 23.3 Å². The maximum Gasteiger partial charge on any atom is 0.154 e. The molecule has 3 N–H and O–H groups in total. The van der Waals surface area contributed by atoms with Gasteiger partial charge in [0.2, 0.25) is 0 Å². The van der Waals surface area contributed by atoms with Crippen LogP contribution in [0.1, 0.15) is 25.5 Å². The lowest BCUT2D eigenvalue weighted by Gasteiger charge is -2.12. The van der Waals surface area contributed by atoms with Crippen molar-refractivity contribution < 1.29 is 8.42 Å². The van der Waals surface area contributed by atoms with E-state index in [1.165, 1.54) is 0 Å². The first-order valence-corrected chi connectivity index (χ1v) is 7.94. The average molecular weight is 272 g/mol. The first-order chi connectivity index (χ1) is 8.45. The van der Waals surface area contributed by atoms with Gasteiger partial charge in [0.1, 0.15) is 5.82 Å². The Morgan fingerprint density at radius 3 is 2.78 bits per heavy atom. The second kappa shape index (κ2) is 4.79. The molecule has 6 nitrogen and oxygen atoms in total. The van der Waals surface area contributed by atoms with E-state index in [0.29, 0.717) is 23.8 Å². The molecule has 2 heterocycles. The number of aromatic nitrogens is 2. The molecule has 0 aliphatic carbocycles. The van der Waals surface area contributed by atoms with Gasteiger partial charge in [-0.1, -0.05) is 6.92 Å². The van der Waals surface area contributed by atoms with E-state index in [2.05, 4.69) is 10.4 Å². The largest absolute Gasteiger partial charge is 0.394 e. The van der Waals surface area contributed by atoms with E-state index in [1.54, 1.807) is 11.7 Å². The molecule has 0 saturated carbocycles. The van der Waals surface area contributed by atoms with Gasteiger partial charge in [-0.25, -0.2) is 8.42 Å². The predicted molar refractivity (Wildman–Crippen MR) is 72.3 cm³/mol. The lowest BCUT2D eigenvalue weighted by molar-refractivity contribution is 0.591. The van der Waals surface area contributed by atoms with Crippen LogP contribution in [0.2, 0.25) is 0 Å². The second-order valence-electron chi connectivity index (χ2n) is 4.70. The zero-order chi connectivity index (χ0) is 13.3. The smallest absolute Gasteiger partial charge is 0.154 e. The number of hydrogen-bond donors (Lipinski definition) is 2. The number of nitrogens with one attached hydrogen (secondary N) is 1. The third-order valence-electron chi connectivity index (χ3n) is 3.46. The van der Waals surface area contributed by atoms with Crippen molar-refractivity contribution in [2.24, 2.45) is 7.05 Å². The Morgan fingerprint density at radius 2 is 2.28 bits per heavy atom. The van der Waals surface area contributed by atoms with Crippen molar-refractivity contribution in [3.8, 4) is 0 Å². The van der Waals surface area contributed by atoms with Gasteiger partial charge in [0.25, 0.3) is 0 Å². The SMILES string of the molecule is CCc1nn(C)c(NCC2CCCS2(=O)=O)c1N. The van der Waals surface area contributed by atoms with E-state index in [-0.39, 0.29) is 5.25 Å². The molecule has 1 saturated heterocycles. The molecular weight excluding hydrogens is 252 g/mol. The molecule has 1 aliphatic heterocycles. The van der Waals surface area contributed by atoms with Gasteiger partial charge < -0.3 is 11.1 Å². The summed E-state index contributed by atoms with van der Waals surface area (Å²) < 4.78 is 25.1. The van der Waals surface area contributed by atoms with Crippen LogP contribution < -0.4 is 11.1 Å². The van der Waals surface area contributed by atoms with Crippen LogP contribution in [0.15, 0.2) is 0 Å². The van der Waals surface area contributed by atoms with Crippen molar-refractivity contribution in [3.63, 3.8) is 0 Å². The molecule has 1 aliphatic rings. The van der Waals surface area contributed by atoms with E-state index in [4.69, 9.17) is 5.73 Å². The Hall–Kier alpha value is -1.24. The number of nitrogens with zero attached hydrogens (tertiary/aromatic N) is 2. The van der Waals surface area contributed by atoms with Crippen LogP contribution in [0.25, 0.3) is 0 Å². The van der Waals surface area contributed by atoms with Gasteiger partial charge in [0.05, 0.1) is 22.4 Å². The van der Waals surface area contributed by atoms with Gasteiger partial charge in [-0.15, -0.1) is 0 Å². The van der Waals surface area contributed by atoms with Gasteiger partial charge in [0.15, 0.2) is 9.84 Å². The summed E-state index contributed by atoms with van der Waals surface area (Å²) in [5, 5.41) is 7.13. The first-order valence-electron chi connectivity index (χ1n) is 6.22. The van der Waals surface area contributed by atoms with Crippen molar-refractivity contribution >= 4 is 21.3 Å². The minimum atomic E-state index is -2.91. The van der Waals surface area contributed by atoms with Gasteiger partial charge in [0, 0.05) is 13.6 Å². The van der Waals surface area contributed by atoms with E-state index in [9.17, 15) is 8.42 Å². The van der Waals surface area contributed by atoms with Crippen molar-refractivity contribution in [2.45, 2.75) is 31.4 Å². The molecule has 1 aromatic rings. The maximum absolute atomic E-state index is 11.7. The number of sulfone groups is 1. The van der Waals surface area contributed by atoms with Crippen molar-refractivity contribution in [1.29, 1.82) is 0 Å². The molecule has 2 rings (SSSR count). The molecule has 0 spiro atoms. The Kier molecular flexibility index (Phi) is 3.52. The van der Waals surface area contributed by atoms with Gasteiger partial charge in [-0.3, -0.25) is 4.68 Å². The molecule has 18 heavy (non-hydrogen) atoms. The lowest BCUT2D eigenvalue weighted by Crippen LogP contribution is -2.26. The standard InChI is InChI=1S/C11H20N4O2S/c1-3-9-10(12)11(15(2)14-9)13-7-8-5-4-6-18(8,16)17/h8,13H,3-7,12H2,1-2H3. The highest BCUT2D eigenvalue weighted by Crippen LogP contribution is 2.25. The van der Waals surface area contributed by atoms with Crippen LogP contribution in [0.3, 0.4) is 0 Å². The molecule has 0 radical (unpaired) electrons.